The first-order chi connectivity index (χ1) is 8.16. The van der Waals surface area contributed by atoms with E-state index in [0.29, 0.717) is 6.42 Å². The summed E-state index contributed by atoms with van der Waals surface area (Å²) in [5.74, 6) is -1.04. The summed E-state index contributed by atoms with van der Waals surface area (Å²) in [5, 5.41) is 8.86. The Bertz CT molecular complexity index is 380. The third kappa shape index (κ3) is 2.99. The van der Waals surface area contributed by atoms with Gasteiger partial charge < -0.3 is 10.0 Å². The van der Waals surface area contributed by atoms with Crippen molar-refractivity contribution in [1.29, 1.82) is 0 Å². The van der Waals surface area contributed by atoms with Crippen LogP contribution in [-0.2, 0) is 11.2 Å². The number of rotatable bonds is 4. The van der Waals surface area contributed by atoms with Gasteiger partial charge in [0.05, 0.1) is 5.92 Å². The Balaban J connectivity index is 2.00. The molecule has 3 heteroatoms. The fourth-order valence-electron chi connectivity index (χ4n) is 2.26. The highest BCUT2D eigenvalue weighted by Gasteiger charge is 2.14. The lowest BCUT2D eigenvalue weighted by molar-refractivity contribution is -0.141. The van der Waals surface area contributed by atoms with Crippen LogP contribution < -0.4 is 4.90 Å². The number of benzene rings is 1. The summed E-state index contributed by atoms with van der Waals surface area (Å²) in [5.41, 5.74) is 2.36. The topological polar surface area (TPSA) is 40.5 Å². The molecule has 0 spiro atoms. The Labute approximate surface area is 102 Å². The van der Waals surface area contributed by atoms with Crippen molar-refractivity contribution in [3.63, 3.8) is 0 Å². The van der Waals surface area contributed by atoms with Crippen molar-refractivity contribution in [2.24, 2.45) is 5.92 Å². The molecule has 0 radical (unpaired) electrons. The molecule has 1 aliphatic heterocycles. The molecule has 0 aromatic heterocycles. The second-order valence-corrected chi connectivity index (χ2v) is 4.80. The van der Waals surface area contributed by atoms with Gasteiger partial charge in [0.1, 0.15) is 0 Å². The lowest BCUT2D eigenvalue weighted by Crippen LogP contribution is -2.17. The summed E-state index contributed by atoms with van der Waals surface area (Å²) in [6.07, 6.45) is 3.16. The maximum atomic E-state index is 10.8. The van der Waals surface area contributed by atoms with Crippen LogP contribution in [0.1, 0.15) is 25.3 Å². The fourth-order valence-corrected chi connectivity index (χ4v) is 2.26. The number of carbonyl (C=O) groups is 1. The van der Waals surface area contributed by atoms with Crippen LogP contribution in [0.3, 0.4) is 0 Å². The minimum atomic E-state index is -0.728. The van der Waals surface area contributed by atoms with Gasteiger partial charge in [0, 0.05) is 18.8 Å². The zero-order valence-electron chi connectivity index (χ0n) is 10.2. The van der Waals surface area contributed by atoms with E-state index in [1.807, 2.05) is 12.1 Å². The van der Waals surface area contributed by atoms with E-state index in [0.717, 1.165) is 18.7 Å². The monoisotopic (exact) mass is 233 g/mol. The van der Waals surface area contributed by atoms with Crippen molar-refractivity contribution in [2.75, 3.05) is 18.0 Å². The van der Waals surface area contributed by atoms with Gasteiger partial charge in [-0.25, -0.2) is 0 Å². The first kappa shape index (κ1) is 12.0. The predicted octanol–water partition coefficient (Wildman–Crippen LogP) is 2.55. The molecular weight excluding hydrogens is 214 g/mol. The Morgan fingerprint density at radius 1 is 1.29 bits per heavy atom. The van der Waals surface area contributed by atoms with Crippen LogP contribution in [-0.4, -0.2) is 24.2 Å². The molecule has 0 amide bonds. The molecule has 1 N–H and O–H groups in total. The van der Waals surface area contributed by atoms with Crippen LogP contribution in [0.15, 0.2) is 24.3 Å². The van der Waals surface area contributed by atoms with Crippen molar-refractivity contribution >= 4 is 11.7 Å². The highest BCUT2D eigenvalue weighted by atomic mass is 16.4. The van der Waals surface area contributed by atoms with Crippen LogP contribution in [0.25, 0.3) is 0 Å². The lowest BCUT2D eigenvalue weighted by Gasteiger charge is -2.18. The minimum absolute atomic E-state index is 0.312. The maximum absolute atomic E-state index is 10.8. The standard InChI is InChI=1S/C14H19NO2/c1-11(14(16)17)10-12-4-6-13(7-5-12)15-8-2-3-9-15/h4-7,11H,2-3,8-10H2,1H3,(H,16,17). The number of hydrogen-bond donors (Lipinski definition) is 1. The number of carboxylic acid groups (broad SMARTS) is 1. The summed E-state index contributed by atoms with van der Waals surface area (Å²) in [6, 6.07) is 8.31. The number of anilines is 1. The molecule has 0 saturated carbocycles. The molecule has 0 aliphatic carbocycles. The van der Waals surface area contributed by atoms with E-state index in [1.54, 1.807) is 6.92 Å². The van der Waals surface area contributed by atoms with Crippen LogP contribution in [0.4, 0.5) is 5.69 Å². The smallest absolute Gasteiger partial charge is 0.306 e. The zero-order valence-corrected chi connectivity index (χ0v) is 10.2. The average molecular weight is 233 g/mol. The van der Waals surface area contributed by atoms with Crippen molar-refractivity contribution in [1.82, 2.24) is 0 Å². The number of carboxylic acids is 1. The highest BCUT2D eigenvalue weighted by Crippen LogP contribution is 2.21. The normalized spacial score (nSPS) is 17.1. The van der Waals surface area contributed by atoms with Gasteiger partial charge in [-0.1, -0.05) is 19.1 Å². The summed E-state index contributed by atoms with van der Waals surface area (Å²) < 4.78 is 0. The molecule has 1 saturated heterocycles. The fraction of sp³-hybridized carbons (Fsp3) is 0.500. The van der Waals surface area contributed by atoms with Crippen molar-refractivity contribution in [3.8, 4) is 0 Å². The molecule has 1 aromatic rings. The molecule has 1 aromatic carbocycles. The molecule has 17 heavy (non-hydrogen) atoms. The Hall–Kier alpha value is -1.51. The average Bonchev–Trinajstić information content (AvgIpc) is 2.83. The van der Waals surface area contributed by atoms with Crippen molar-refractivity contribution in [3.05, 3.63) is 29.8 Å². The number of aliphatic carboxylic acids is 1. The summed E-state index contributed by atoms with van der Waals surface area (Å²) in [4.78, 5) is 13.2. The quantitative estimate of drug-likeness (QED) is 0.868. The second kappa shape index (κ2) is 5.21. The van der Waals surface area contributed by atoms with E-state index in [2.05, 4.69) is 17.0 Å². The second-order valence-electron chi connectivity index (χ2n) is 4.80. The predicted molar refractivity (Wildman–Crippen MR) is 68.4 cm³/mol. The Morgan fingerprint density at radius 2 is 1.88 bits per heavy atom. The molecule has 1 fully saturated rings. The van der Waals surface area contributed by atoms with Crippen LogP contribution in [0, 0.1) is 5.92 Å². The Kier molecular flexibility index (Phi) is 3.67. The molecule has 1 atom stereocenters. The maximum Gasteiger partial charge on any atom is 0.306 e. The van der Waals surface area contributed by atoms with Crippen LogP contribution >= 0.6 is 0 Å². The van der Waals surface area contributed by atoms with Crippen molar-refractivity contribution < 1.29 is 9.90 Å². The van der Waals surface area contributed by atoms with Gasteiger partial charge in [0.15, 0.2) is 0 Å². The molecule has 3 nitrogen and oxygen atoms in total. The van der Waals surface area contributed by atoms with Crippen LogP contribution in [0.5, 0.6) is 0 Å². The molecule has 2 rings (SSSR count). The molecule has 1 heterocycles. The van der Waals surface area contributed by atoms with Gasteiger partial charge in [-0.15, -0.1) is 0 Å². The molecular formula is C14H19NO2. The van der Waals surface area contributed by atoms with E-state index < -0.39 is 5.97 Å². The first-order valence-corrected chi connectivity index (χ1v) is 6.23. The van der Waals surface area contributed by atoms with Gasteiger partial charge in [0.2, 0.25) is 0 Å². The van der Waals surface area contributed by atoms with Gasteiger partial charge in [-0.3, -0.25) is 4.79 Å². The van der Waals surface area contributed by atoms with E-state index in [4.69, 9.17) is 5.11 Å². The molecule has 92 valence electrons. The lowest BCUT2D eigenvalue weighted by atomic mass is 10.0. The summed E-state index contributed by atoms with van der Waals surface area (Å²) in [7, 11) is 0. The highest BCUT2D eigenvalue weighted by molar-refractivity contribution is 5.70. The van der Waals surface area contributed by atoms with E-state index in [-0.39, 0.29) is 5.92 Å². The largest absolute Gasteiger partial charge is 0.481 e. The summed E-state index contributed by atoms with van der Waals surface area (Å²) >= 11 is 0. The van der Waals surface area contributed by atoms with Gasteiger partial charge >= 0.3 is 5.97 Å². The van der Waals surface area contributed by atoms with Crippen molar-refractivity contribution in [2.45, 2.75) is 26.2 Å². The van der Waals surface area contributed by atoms with E-state index in [9.17, 15) is 4.79 Å². The third-order valence-electron chi connectivity index (χ3n) is 3.37. The van der Waals surface area contributed by atoms with Crippen LogP contribution in [0.2, 0.25) is 0 Å². The van der Waals surface area contributed by atoms with E-state index >= 15 is 0 Å². The van der Waals surface area contributed by atoms with Gasteiger partial charge in [-0.2, -0.15) is 0 Å². The van der Waals surface area contributed by atoms with E-state index in [1.165, 1.54) is 18.5 Å². The first-order valence-electron chi connectivity index (χ1n) is 6.23. The molecule has 1 aliphatic rings. The minimum Gasteiger partial charge on any atom is -0.481 e. The van der Waals surface area contributed by atoms with Gasteiger partial charge in [-0.05, 0) is 37.0 Å². The number of nitrogens with zero attached hydrogens (tertiary/aromatic N) is 1. The zero-order chi connectivity index (χ0) is 12.3. The molecule has 0 bridgehead atoms. The summed E-state index contributed by atoms with van der Waals surface area (Å²) in [6.45, 7) is 4.03. The SMILES string of the molecule is CC(Cc1ccc(N2CCCC2)cc1)C(=O)O. The molecule has 1 unspecified atom stereocenters. The Morgan fingerprint density at radius 3 is 2.41 bits per heavy atom. The number of hydrogen-bond acceptors (Lipinski definition) is 2. The third-order valence-corrected chi connectivity index (χ3v) is 3.37. The van der Waals surface area contributed by atoms with Gasteiger partial charge in [0.25, 0.3) is 0 Å².